The third-order valence-electron chi connectivity index (χ3n) is 10.1. The van der Waals surface area contributed by atoms with Crippen molar-refractivity contribution in [3.63, 3.8) is 0 Å². The maximum atomic E-state index is 14.0. The molecule has 0 radical (unpaired) electrons. The average Bonchev–Trinajstić information content (AvgIpc) is 3.02. The molecule has 0 aromatic heterocycles. The lowest BCUT2D eigenvalue weighted by atomic mass is 9.85. The zero-order valence-electron chi connectivity index (χ0n) is 25.5. The van der Waals surface area contributed by atoms with Crippen molar-refractivity contribution < 1.29 is 28.7 Å². The number of benzene rings is 4. The largest absolute Gasteiger partial charge is 0.633 e. The minimum Gasteiger partial charge on any atom is -0.633 e. The normalized spacial score (nSPS) is 23.0. The van der Waals surface area contributed by atoms with E-state index in [4.69, 9.17) is 18.9 Å². The number of hydroxylamine groups is 3. The first kappa shape index (κ1) is 27.3. The lowest BCUT2D eigenvalue weighted by Gasteiger charge is -2.49. The third-order valence-corrected chi connectivity index (χ3v) is 10.1. The second kappa shape index (κ2) is 9.89. The molecule has 226 valence electrons. The maximum absolute atomic E-state index is 14.0. The van der Waals surface area contributed by atoms with Crippen molar-refractivity contribution in [1.29, 1.82) is 0 Å². The van der Waals surface area contributed by atoms with Gasteiger partial charge < -0.3 is 33.9 Å². The summed E-state index contributed by atoms with van der Waals surface area (Å²) in [7, 11) is 7.22. The first-order valence-electron chi connectivity index (χ1n) is 15.3. The number of fused-ring (bicyclic) bond motifs is 5. The van der Waals surface area contributed by atoms with E-state index in [-0.39, 0.29) is 17.8 Å². The summed E-state index contributed by atoms with van der Waals surface area (Å²) in [5, 5.41) is 25.2. The second-order valence-electron chi connectivity index (χ2n) is 12.7. The molecule has 0 saturated heterocycles. The van der Waals surface area contributed by atoms with Gasteiger partial charge in [0.15, 0.2) is 23.0 Å². The average molecular weight is 593 g/mol. The lowest BCUT2D eigenvalue weighted by Crippen LogP contribution is -2.47. The quantitative estimate of drug-likeness (QED) is 0.177. The van der Waals surface area contributed by atoms with Crippen LogP contribution in [-0.2, 0) is 25.7 Å². The van der Waals surface area contributed by atoms with Gasteiger partial charge in [-0.3, -0.25) is 4.90 Å². The number of phenols is 1. The molecule has 44 heavy (non-hydrogen) atoms. The Kier molecular flexibility index (Phi) is 6.14. The summed E-state index contributed by atoms with van der Waals surface area (Å²) >= 11 is 0. The zero-order valence-corrected chi connectivity index (χ0v) is 25.5. The van der Waals surface area contributed by atoms with Gasteiger partial charge in [-0.25, -0.2) is 0 Å². The van der Waals surface area contributed by atoms with Gasteiger partial charge in [0, 0.05) is 47.7 Å². The van der Waals surface area contributed by atoms with Gasteiger partial charge in [0.2, 0.25) is 5.75 Å². The van der Waals surface area contributed by atoms with Crippen molar-refractivity contribution in [3.8, 4) is 51.4 Å². The van der Waals surface area contributed by atoms with Crippen molar-refractivity contribution in [1.82, 2.24) is 4.90 Å². The van der Waals surface area contributed by atoms with Crippen LogP contribution >= 0.6 is 0 Å². The molecule has 4 heterocycles. The molecule has 8 heteroatoms. The first-order chi connectivity index (χ1) is 21.2. The summed E-state index contributed by atoms with van der Waals surface area (Å²) in [4.78, 5) is 2.36. The van der Waals surface area contributed by atoms with E-state index in [9.17, 15) is 10.3 Å². The molecule has 0 fully saturated rings. The van der Waals surface area contributed by atoms with Crippen molar-refractivity contribution in [2.45, 2.75) is 37.8 Å². The van der Waals surface area contributed by atoms with E-state index >= 15 is 0 Å². The molecule has 8 rings (SSSR count). The Morgan fingerprint density at radius 2 is 1.57 bits per heavy atom. The molecule has 3 atom stereocenters. The van der Waals surface area contributed by atoms with Crippen LogP contribution in [0.2, 0.25) is 0 Å². The van der Waals surface area contributed by atoms with Gasteiger partial charge in [0.05, 0.1) is 27.8 Å². The SMILES string of the molecule is COc1ccc2cc1-c1cc(ccc1O)C[C@H]1c3cc4c(cc3CC[N+]1(C)[O-])Oc1c(OC)cc3c(c1O4)[C@H](C2)N(C)CC3. The van der Waals surface area contributed by atoms with E-state index < -0.39 is 4.65 Å². The van der Waals surface area contributed by atoms with Crippen LogP contribution in [0.25, 0.3) is 11.1 Å². The van der Waals surface area contributed by atoms with Gasteiger partial charge in [-0.2, -0.15) is 0 Å². The Hall–Kier alpha value is -4.24. The molecule has 8 nitrogen and oxygen atoms in total. The molecular formula is C36H36N2O6. The molecule has 0 amide bonds. The Labute approximate surface area is 257 Å². The molecule has 1 N–H and O–H groups in total. The Morgan fingerprint density at radius 3 is 2.39 bits per heavy atom. The van der Waals surface area contributed by atoms with Crippen molar-refractivity contribution in [2.75, 3.05) is 41.4 Å². The van der Waals surface area contributed by atoms with Crippen LogP contribution in [-0.4, -0.2) is 56.1 Å². The standard InChI is InChI=1S/C36H36N2O6/c1-37-11-9-23-18-33(42-4)35-36-34(23)27(37)15-20-6-8-30(41-3)26(14-20)25-13-21(5-7-29(25)39)16-28-24-19-32(44-36)31(43-35)17-22(24)10-12-38(28,2)40/h5-8,13-14,17-19,27-28,39H,9-12,15-16H2,1-4H3/t27-,28-,38?/m0/s1. The molecule has 4 aliphatic heterocycles. The summed E-state index contributed by atoms with van der Waals surface area (Å²) in [6.45, 7) is 1.34. The van der Waals surface area contributed by atoms with Crippen LogP contribution in [0, 0.1) is 5.21 Å². The highest BCUT2D eigenvalue weighted by atomic mass is 16.6. The van der Waals surface area contributed by atoms with E-state index in [0.717, 1.165) is 46.3 Å². The molecule has 4 aromatic rings. The van der Waals surface area contributed by atoms with Gasteiger partial charge in [0.25, 0.3) is 0 Å². The fourth-order valence-electron chi connectivity index (χ4n) is 7.62. The zero-order chi connectivity index (χ0) is 30.3. The topological polar surface area (TPSA) is 83.5 Å². The summed E-state index contributed by atoms with van der Waals surface area (Å²) < 4.78 is 24.7. The monoisotopic (exact) mass is 592 g/mol. The van der Waals surface area contributed by atoms with Crippen molar-refractivity contribution >= 4 is 0 Å². The first-order valence-corrected chi connectivity index (χ1v) is 15.3. The molecule has 0 aliphatic carbocycles. The van der Waals surface area contributed by atoms with Gasteiger partial charge in [-0.05, 0) is 84.6 Å². The highest BCUT2D eigenvalue weighted by Crippen LogP contribution is 2.57. The van der Waals surface area contributed by atoms with E-state index in [1.165, 1.54) is 5.56 Å². The summed E-state index contributed by atoms with van der Waals surface area (Å²) in [5.41, 5.74) is 7.93. The number of likely N-dealkylation sites (N-methyl/N-ethyl adjacent to an activating group) is 2. The van der Waals surface area contributed by atoms with Crippen LogP contribution in [0.15, 0.2) is 54.6 Å². The number of rotatable bonds is 2. The van der Waals surface area contributed by atoms with E-state index in [1.807, 2.05) is 30.3 Å². The smallest absolute Gasteiger partial charge is 0.212 e. The fourth-order valence-corrected chi connectivity index (χ4v) is 7.62. The lowest BCUT2D eigenvalue weighted by molar-refractivity contribution is -0.894. The van der Waals surface area contributed by atoms with Crippen molar-refractivity contribution in [3.05, 3.63) is 93.2 Å². The van der Waals surface area contributed by atoms with Crippen LogP contribution < -0.4 is 18.9 Å². The summed E-state index contributed by atoms with van der Waals surface area (Å²) in [5.74, 6) is 4.05. The fraction of sp³-hybridized carbons (Fsp3) is 0.333. The molecule has 4 aliphatic rings. The van der Waals surface area contributed by atoms with E-state index in [2.05, 4.69) is 30.1 Å². The number of quaternary nitrogens is 1. The minimum atomic E-state index is -0.395. The highest BCUT2D eigenvalue weighted by molar-refractivity contribution is 5.77. The number of hydrogen-bond donors (Lipinski definition) is 1. The number of hydrogen-bond acceptors (Lipinski definition) is 7. The van der Waals surface area contributed by atoms with Crippen LogP contribution in [0.1, 0.15) is 45.5 Å². The predicted octanol–water partition coefficient (Wildman–Crippen LogP) is 6.84. The number of aromatic hydroxyl groups is 1. The van der Waals surface area contributed by atoms with Crippen LogP contribution in [0.4, 0.5) is 0 Å². The van der Waals surface area contributed by atoms with Crippen LogP contribution in [0.3, 0.4) is 0 Å². The molecule has 0 spiro atoms. The van der Waals surface area contributed by atoms with Crippen molar-refractivity contribution in [2.24, 2.45) is 0 Å². The minimum absolute atomic E-state index is 0.00427. The highest BCUT2D eigenvalue weighted by Gasteiger charge is 2.39. The number of nitrogens with zero attached hydrogens (tertiary/aromatic N) is 2. The second-order valence-corrected chi connectivity index (χ2v) is 12.7. The molecule has 7 bridgehead atoms. The molecule has 1 unspecified atom stereocenters. The molecular weight excluding hydrogens is 556 g/mol. The van der Waals surface area contributed by atoms with Gasteiger partial charge in [-0.15, -0.1) is 0 Å². The van der Waals surface area contributed by atoms with Gasteiger partial charge >= 0.3 is 0 Å². The Bertz CT molecular complexity index is 1830. The van der Waals surface area contributed by atoms with E-state index in [1.54, 1.807) is 27.3 Å². The Balaban J connectivity index is 1.41. The predicted molar refractivity (Wildman–Crippen MR) is 167 cm³/mol. The van der Waals surface area contributed by atoms with Gasteiger partial charge in [0.1, 0.15) is 17.5 Å². The van der Waals surface area contributed by atoms with Gasteiger partial charge in [-0.1, -0.05) is 12.1 Å². The van der Waals surface area contributed by atoms with E-state index in [0.29, 0.717) is 65.9 Å². The number of methoxy groups -OCH3 is 2. The molecule has 0 saturated carbocycles. The van der Waals surface area contributed by atoms with Crippen LogP contribution in [0.5, 0.6) is 40.2 Å². The third kappa shape index (κ3) is 4.16. The molecule has 4 aromatic carbocycles. The summed E-state index contributed by atoms with van der Waals surface area (Å²) in [6, 6.07) is 17.7. The number of phenolic OH excluding ortho intramolecular Hbond substituents is 1. The summed E-state index contributed by atoms with van der Waals surface area (Å²) in [6.07, 6.45) is 2.73. The maximum Gasteiger partial charge on any atom is 0.212 e. The number of ether oxygens (including phenoxy) is 4. The Morgan fingerprint density at radius 1 is 0.841 bits per heavy atom.